The molecule has 3 N–H and O–H groups in total. The van der Waals surface area contributed by atoms with E-state index < -0.39 is 12.0 Å². The summed E-state index contributed by atoms with van der Waals surface area (Å²) >= 11 is 1.30. The molecule has 0 saturated heterocycles. The quantitative estimate of drug-likeness (QED) is 0.718. The highest BCUT2D eigenvalue weighted by molar-refractivity contribution is 7.16. The Balaban J connectivity index is 2.97. The molecule has 5 nitrogen and oxygen atoms in total. The van der Waals surface area contributed by atoms with Crippen molar-refractivity contribution < 1.29 is 14.7 Å². The van der Waals surface area contributed by atoms with Crippen molar-refractivity contribution in [3.8, 4) is 0 Å². The first kappa shape index (κ1) is 14.2. The van der Waals surface area contributed by atoms with E-state index in [-0.39, 0.29) is 5.56 Å². The Morgan fingerprint density at radius 2 is 2.17 bits per heavy atom. The molecule has 0 saturated carbocycles. The van der Waals surface area contributed by atoms with E-state index in [4.69, 9.17) is 5.11 Å². The van der Waals surface area contributed by atoms with E-state index in [1.807, 2.05) is 6.92 Å². The van der Waals surface area contributed by atoms with Gasteiger partial charge in [-0.1, -0.05) is 13.0 Å². The zero-order chi connectivity index (χ0) is 13.7. The summed E-state index contributed by atoms with van der Waals surface area (Å²) in [5, 5.41) is 14.6. The number of carbonyl (C=O) groups excluding carboxylic acids is 1. The second kappa shape index (κ2) is 6.20. The SMILES string of the molecule is C=CCNC(=O)Nc1sc(CC)c(C)c1C(=O)O. The van der Waals surface area contributed by atoms with Gasteiger partial charge in [0.15, 0.2) is 0 Å². The second-order valence-electron chi connectivity index (χ2n) is 3.64. The molecule has 2 amide bonds. The molecule has 98 valence electrons. The molecule has 0 bridgehead atoms. The van der Waals surface area contributed by atoms with Crippen LogP contribution in [0.25, 0.3) is 0 Å². The number of hydrogen-bond acceptors (Lipinski definition) is 3. The number of nitrogens with one attached hydrogen (secondary N) is 2. The second-order valence-corrected chi connectivity index (χ2v) is 4.74. The van der Waals surface area contributed by atoms with Gasteiger partial charge < -0.3 is 10.4 Å². The van der Waals surface area contributed by atoms with E-state index in [1.165, 1.54) is 11.3 Å². The third-order valence-electron chi connectivity index (χ3n) is 2.41. The van der Waals surface area contributed by atoms with Crippen LogP contribution in [0, 0.1) is 6.92 Å². The van der Waals surface area contributed by atoms with Crippen molar-refractivity contribution in [3.63, 3.8) is 0 Å². The van der Waals surface area contributed by atoms with Gasteiger partial charge in [-0.05, 0) is 18.9 Å². The van der Waals surface area contributed by atoms with Crippen LogP contribution >= 0.6 is 11.3 Å². The van der Waals surface area contributed by atoms with Crippen LogP contribution in [0.15, 0.2) is 12.7 Å². The minimum absolute atomic E-state index is 0.172. The van der Waals surface area contributed by atoms with Gasteiger partial charge >= 0.3 is 12.0 Å². The highest BCUT2D eigenvalue weighted by Gasteiger charge is 2.20. The summed E-state index contributed by atoms with van der Waals surface area (Å²) in [5.74, 6) is -1.03. The highest BCUT2D eigenvalue weighted by Crippen LogP contribution is 2.33. The first-order valence-electron chi connectivity index (χ1n) is 5.52. The Kier molecular flexibility index (Phi) is 4.91. The average molecular weight is 268 g/mol. The van der Waals surface area contributed by atoms with Gasteiger partial charge in [0, 0.05) is 11.4 Å². The topological polar surface area (TPSA) is 78.4 Å². The van der Waals surface area contributed by atoms with Crippen LogP contribution in [-0.2, 0) is 6.42 Å². The Hall–Kier alpha value is -1.82. The number of hydrogen-bond donors (Lipinski definition) is 3. The molecule has 1 aromatic rings. The van der Waals surface area contributed by atoms with Gasteiger partial charge in [-0.25, -0.2) is 9.59 Å². The van der Waals surface area contributed by atoms with Crippen molar-refractivity contribution in [1.29, 1.82) is 0 Å². The van der Waals surface area contributed by atoms with Gasteiger partial charge in [0.05, 0.1) is 5.56 Å². The summed E-state index contributed by atoms with van der Waals surface area (Å²) in [6, 6.07) is -0.429. The first-order valence-corrected chi connectivity index (χ1v) is 6.34. The van der Waals surface area contributed by atoms with Crippen LogP contribution in [0.4, 0.5) is 9.80 Å². The molecule has 6 heteroatoms. The van der Waals surface area contributed by atoms with E-state index >= 15 is 0 Å². The fourth-order valence-corrected chi connectivity index (χ4v) is 2.69. The Bertz CT molecular complexity index is 480. The molecule has 1 rings (SSSR count). The van der Waals surface area contributed by atoms with E-state index in [0.717, 1.165) is 11.3 Å². The first-order chi connectivity index (χ1) is 8.51. The number of carbonyl (C=O) groups is 2. The van der Waals surface area contributed by atoms with Crippen molar-refractivity contribution in [2.45, 2.75) is 20.3 Å². The molecule has 0 fully saturated rings. The molecule has 0 aliphatic heterocycles. The van der Waals surface area contributed by atoms with Crippen molar-refractivity contribution in [1.82, 2.24) is 5.32 Å². The number of thiophene rings is 1. The number of carboxylic acids is 1. The molecule has 0 aliphatic carbocycles. The summed E-state index contributed by atoms with van der Waals surface area (Å²) in [6.07, 6.45) is 2.29. The number of urea groups is 1. The Labute approximate surface area is 110 Å². The lowest BCUT2D eigenvalue weighted by Gasteiger charge is -2.04. The lowest BCUT2D eigenvalue weighted by atomic mass is 10.1. The van der Waals surface area contributed by atoms with E-state index in [9.17, 15) is 9.59 Å². The van der Waals surface area contributed by atoms with Crippen molar-refractivity contribution in [2.24, 2.45) is 0 Å². The zero-order valence-electron chi connectivity index (χ0n) is 10.4. The molecule has 0 radical (unpaired) electrons. The summed E-state index contributed by atoms with van der Waals surface area (Å²) in [6.45, 7) is 7.52. The van der Waals surface area contributed by atoms with Gasteiger partial charge in [0.25, 0.3) is 0 Å². The number of amides is 2. The fourth-order valence-electron chi connectivity index (χ4n) is 1.56. The lowest BCUT2D eigenvalue weighted by molar-refractivity contribution is 0.0697. The van der Waals surface area contributed by atoms with Crippen LogP contribution in [0.3, 0.4) is 0 Å². The van der Waals surface area contributed by atoms with E-state index in [0.29, 0.717) is 17.1 Å². The third-order valence-corrected chi connectivity index (χ3v) is 3.77. The van der Waals surface area contributed by atoms with Gasteiger partial charge in [-0.2, -0.15) is 0 Å². The Morgan fingerprint density at radius 1 is 1.50 bits per heavy atom. The van der Waals surface area contributed by atoms with Crippen LogP contribution in [0.1, 0.15) is 27.7 Å². The van der Waals surface area contributed by atoms with Crippen LogP contribution in [0.5, 0.6) is 0 Å². The van der Waals surface area contributed by atoms with Gasteiger partial charge in [0.1, 0.15) is 5.00 Å². The summed E-state index contributed by atoms with van der Waals surface area (Å²) in [7, 11) is 0. The summed E-state index contributed by atoms with van der Waals surface area (Å²) < 4.78 is 0. The molecule has 0 aliphatic rings. The molecule has 1 heterocycles. The maximum absolute atomic E-state index is 11.5. The summed E-state index contributed by atoms with van der Waals surface area (Å²) in [5.41, 5.74) is 0.889. The number of rotatable bonds is 5. The molecule has 18 heavy (non-hydrogen) atoms. The Morgan fingerprint density at radius 3 is 2.67 bits per heavy atom. The van der Waals surface area contributed by atoms with Crippen LogP contribution < -0.4 is 10.6 Å². The van der Waals surface area contributed by atoms with Gasteiger partial charge in [-0.3, -0.25) is 5.32 Å². The maximum Gasteiger partial charge on any atom is 0.338 e. The molecule has 0 atom stereocenters. The average Bonchev–Trinajstić information content (AvgIpc) is 2.62. The van der Waals surface area contributed by atoms with E-state index in [2.05, 4.69) is 17.2 Å². The predicted octanol–water partition coefficient (Wildman–Crippen LogP) is 2.62. The van der Waals surface area contributed by atoms with Gasteiger partial charge in [0.2, 0.25) is 0 Å². The highest BCUT2D eigenvalue weighted by atomic mass is 32.1. The standard InChI is InChI=1S/C12H16N2O3S/c1-4-6-13-12(17)14-10-9(11(15)16)7(3)8(5-2)18-10/h4H,1,5-6H2,2-3H3,(H,15,16)(H2,13,14,17). The smallest absolute Gasteiger partial charge is 0.338 e. The summed E-state index contributed by atoms with van der Waals surface area (Å²) in [4.78, 5) is 23.6. The minimum atomic E-state index is -1.03. The number of aromatic carboxylic acids is 1. The number of aryl methyl sites for hydroxylation is 1. The monoisotopic (exact) mass is 268 g/mol. The molecular weight excluding hydrogens is 252 g/mol. The molecular formula is C12H16N2O3S. The zero-order valence-corrected chi connectivity index (χ0v) is 11.2. The van der Waals surface area contributed by atoms with Crippen molar-refractivity contribution in [2.75, 3.05) is 11.9 Å². The normalized spacial score (nSPS) is 9.89. The third kappa shape index (κ3) is 3.10. The maximum atomic E-state index is 11.5. The van der Waals surface area contributed by atoms with Crippen molar-refractivity contribution in [3.05, 3.63) is 28.7 Å². The fraction of sp³-hybridized carbons (Fsp3) is 0.333. The molecule has 1 aromatic heterocycles. The molecule has 0 unspecified atom stereocenters. The van der Waals surface area contributed by atoms with Gasteiger partial charge in [-0.15, -0.1) is 17.9 Å². The lowest BCUT2D eigenvalue weighted by Crippen LogP contribution is -2.28. The number of anilines is 1. The minimum Gasteiger partial charge on any atom is -0.478 e. The number of carboxylic acid groups (broad SMARTS) is 1. The molecule has 0 aromatic carbocycles. The largest absolute Gasteiger partial charge is 0.478 e. The van der Waals surface area contributed by atoms with E-state index in [1.54, 1.807) is 13.0 Å². The van der Waals surface area contributed by atoms with Crippen molar-refractivity contribution >= 4 is 28.3 Å². The van der Waals surface area contributed by atoms with Crippen LogP contribution in [-0.4, -0.2) is 23.7 Å². The van der Waals surface area contributed by atoms with Crippen LogP contribution in [0.2, 0.25) is 0 Å². The molecule has 0 spiro atoms. The predicted molar refractivity (Wildman–Crippen MR) is 72.6 cm³/mol.